The molecule has 0 bridgehead atoms. The summed E-state index contributed by atoms with van der Waals surface area (Å²) in [4.78, 5) is 25.8. The summed E-state index contributed by atoms with van der Waals surface area (Å²) >= 11 is 0. The number of nitrogens with one attached hydrogen (secondary N) is 2. The van der Waals surface area contributed by atoms with Crippen LogP contribution in [-0.4, -0.2) is 78.3 Å². The molecule has 0 atom stereocenters. The molecule has 1 fully saturated rings. The normalized spacial score (nSPS) is 14.4. The second-order valence-corrected chi connectivity index (χ2v) is 10.2. The summed E-state index contributed by atoms with van der Waals surface area (Å²) in [7, 11) is 7.71. The first-order chi connectivity index (χ1) is 19.1. The number of hydrogen-bond donors (Lipinski definition) is 2. The number of carbonyl (C=O) groups is 1. The lowest BCUT2D eigenvalue weighted by Crippen LogP contribution is -2.42. The zero-order chi connectivity index (χ0) is 29.0. The molecule has 11 nitrogen and oxygen atoms in total. The summed E-state index contributed by atoms with van der Waals surface area (Å²) in [6.45, 7) is 13.1. The molecule has 0 aliphatic carbocycles. The first-order valence-electron chi connectivity index (χ1n) is 13.2. The number of methoxy groups -OCH3 is 1. The maximum absolute atomic E-state index is 12.4. The van der Waals surface area contributed by atoms with Gasteiger partial charge in [0.1, 0.15) is 11.4 Å². The summed E-state index contributed by atoms with van der Waals surface area (Å²) in [6, 6.07) is 6.33. The molecule has 2 N–H and O–H groups in total. The number of nitrogens with zero attached hydrogens (tertiary/aromatic N) is 7. The minimum Gasteiger partial charge on any atom is -0.494 e. The molecule has 1 aromatic carbocycles. The highest BCUT2D eigenvalue weighted by Crippen LogP contribution is 2.40. The van der Waals surface area contributed by atoms with Crippen LogP contribution in [-0.2, 0) is 11.8 Å². The Hall–Kier alpha value is -4.38. The van der Waals surface area contributed by atoms with E-state index in [0.29, 0.717) is 23.2 Å². The number of anilines is 2. The lowest BCUT2D eigenvalue weighted by Gasteiger charge is -2.37. The van der Waals surface area contributed by atoms with E-state index in [-0.39, 0.29) is 11.9 Å². The van der Waals surface area contributed by atoms with Gasteiger partial charge in [0, 0.05) is 49.7 Å². The van der Waals surface area contributed by atoms with Crippen molar-refractivity contribution in [3.05, 3.63) is 54.5 Å². The first-order valence-corrected chi connectivity index (χ1v) is 13.2. The van der Waals surface area contributed by atoms with Crippen LogP contribution in [0.5, 0.6) is 5.75 Å². The smallest absolute Gasteiger partial charge is 0.247 e. The predicted octanol–water partition coefficient (Wildman–Crippen LogP) is 4.10. The van der Waals surface area contributed by atoms with E-state index in [1.165, 1.54) is 6.08 Å². The summed E-state index contributed by atoms with van der Waals surface area (Å²) in [5.74, 6) is 0.518. The molecule has 1 saturated heterocycles. The van der Waals surface area contributed by atoms with Crippen molar-refractivity contribution in [3.63, 3.8) is 0 Å². The van der Waals surface area contributed by atoms with Gasteiger partial charge in [-0.3, -0.25) is 19.6 Å². The molecule has 3 aromatic rings. The number of piperidine rings is 1. The number of aliphatic imine (C=N–C) groups is 2. The van der Waals surface area contributed by atoms with E-state index in [2.05, 4.69) is 64.1 Å². The molecular weight excluding hydrogens is 506 g/mol. The third-order valence-electron chi connectivity index (χ3n) is 7.36. The fourth-order valence-electron chi connectivity index (χ4n) is 4.93. The summed E-state index contributed by atoms with van der Waals surface area (Å²) in [5.41, 5.74) is 9.24. The van der Waals surface area contributed by atoms with Crippen molar-refractivity contribution in [3.8, 4) is 17.0 Å². The maximum atomic E-state index is 12.4. The first kappa shape index (κ1) is 28.6. The predicted molar refractivity (Wildman–Crippen MR) is 163 cm³/mol. The lowest BCUT2D eigenvalue weighted by molar-refractivity contribution is -0.111. The number of benzene rings is 1. The van der Waals surface area contributed by atoms with E-state index in [1.54, 1.807) is 17.9 Å². The number of aromatic nitrogens is 3. The molecule has 0 spiro atoms. The second kappa shape index (κ2) is 12.2. The van der Waals surface area contributed by atoms with E-state index in [0.717, 1.165) is 54.1 Å². The van der Waals surface area contributed by atoms with E-state index < -0.39 is 0 Å². The summed E-state index contributed by atoms with van der Waals surface area (Å²) in [5, 5.41) is 7.26. The Kier molecular flexibility index (Phi) is 8.73. The number of hydrogen-bond acceptors (Lipinski definition) is 6. The van der Waals surface area contributed by atoms with Gasteiger partial charge in [-0.15, -0.1) is 0 Å². The van der Waals surface area contributed by atoms with Gasteiger partial charge < -0.3 is 19.9 Å². The van der Waals surface area contributed by atoms with Crippen molar-refractivity contribution < 1.29 is 9.53 Å². The Morgan fingerprint density at radius 2 is 1.95 bits per heavy atom. The molecule has 0 radical (unpaired) electrons. The molecule has 3 heterocycles. The minimum absolute atomic E-state index is 0.266. The Bertz CT molecular complexity index is 1430. The molecular formula is C29H39N9O2. The van der Waals surface area contributed by atoms with Crippen molar-refractivity contribution in [2.45, 2.75) is 32.7 Å². The topological polar surface area (TPSA) is 104 Å². The number of ether oxygens (including phenoxy) is 1. The molecule has 1 amide bonds. The van der Waals surface area contributed by atoms with Gasteiger partial charge in [-0.25, -0.2) is 9.98 Å². The zero-order valence-corrected chi connectivity index (χ0v) is 24.2. The van der Waals surface area contributed by atoms with Crippen LogP contribution in [0.25, 0.3) is 11.3 Å². The molecule has 1 aliphatic rings. The summed E-state index contributed by atoms with van der Waals surface area (Å²) < 4.78 is 9.43. The molecule has 1 aliphatic heterocycles. The van der Waals surface area contributed by atoms with Crippen LogP contribution in [0.3, 0.4) is 0 Å². The fourth-order valence-corrected chi connectivity index (χ4v) is 4.93. The van der Waals surface area contributed by atoms with Crippen molar-refractivity contribution >= 4 is 35.6 Å². The maximum Gasteiger partial charge on any atom is 0.247 e. The Morgan fingerprint density at radius 1 is 1.23 bits per heavy atom. The van der Waals surface area contributed by atoms with Crippen molar-refractivity contribution in [1.82, 2.24) is 19.4 Å². The van der Waals surface area contributed by atoms with Gasteiger partial charge in [0.05, 0.1) is 30.4 Å². The molecule has 40 heavy (non-hydrogen) atoms. The van der Waals surface area contributed by atoms with Crippen LogP contribution in [0.4, 0.5) is 17.1 Å². The Balaban J connectivity index is 1.72. The molecule has 0 saturated carbocycles. The highest BCUT2D eigenvalue weighted by Gasteiger charge is 2.24. The van der Waals surface area contributed by atoms with Gasteiger partial charge in [-0.2, -0.15) is 5.10 Å². The van der Waals surface area contributed by atoms with Gasteiger partial charge >= 0.3 is 0 Å². The zero-order valence-electron chi connectivity index (χ0n) is 24.2. The molecule has 0 unspecified atom stereocenters. The van der Waals surface area contributed by atoms with Gasteiger partial charge in [-0.1, -0.05) is 6.58 Å². The van der Waals surface area contributed by atoms with E-state index >= 15 is 0 Å². The van der Waals surface area contributed by atoms with Gasteiger partial charge in [0.2, 0.25) is 11.9 Å². The average molecular weight is 546 g/mol. The lowest BCUT2D eigenvalue weighted by atomic mass is 10.0. The van der Waals surface area contributed by atoms with Crippen molar-refractivity contribution in [2.75, 3.05) is 49.9 Å². The molecule has 2 aromatic heterocycles. The third kappa shape index (κ3) is 6.09. The Labute approximate surface area is 235 Å². The van der Waals surface area contributed by atoms with Crippen LogP contribution < -0.4 is 20.4 Å². The van der Waals surface area contributed by atoms with Crippen LogP contribution in [0, 0.1) is 13.8 Å². The highest BCUT2D eigenvalue weighted by atomic mass is 16.5. The van der Waals surface area contributed by atoms with E-state index in [9.17, 15) is 4.79 Å². The SMILES string of the molecule is C=CC(=O)Nc1cc(N=C(N=C)Nn2c(-c3cnn(C)c3)cc(C)c2C)c(OC)cc1N1CCC(N(C)C)CC1. The third-order valence-corrected chi connectivity index (χ3v) is 7.36. The standard InChI is InChI=1S/C29H39N9O2/c1-9-28(39)32-23-15-24(27(40-8)16-26(23)37-12-10-22(11-13-37)35(5)6)33-29(30-4)34-38-20(3)19(2)14-25(38)21-17-31-36(7)18-21/h9,14-18,22H,1,4,10-13H2,2-3,5-8H3,(H,32,39)(H,33,34). The fraction of sp³-hybridized carbons (Fsp3) is 0.379. The van der Waals surface area contributed by atoms with Crippen LogP contribution in [0.15, 0.2) is 53.2 Å². The van der Waals surface area contributed by atoms with E-state index in [1.807, 2.05) is 44.0 Å². The molecule has 212 valence electrons. The van der Waals surface area contributed by atoms with Crippen molar-refractivity contribution in [2.24, 2.45) is 17.0 Å². The van der Waals surface area contributed by atoms with E-state index in [4.69, 9.17) is 9.73 Å². The monoisotopic (exact) mass is 545 g/mol. The molecule has 4 rings (SSSR count). The second-order valence-electron chi connectivity index (χ2n) is 10.2. The highest BCUT2D eigenvalue weighted by molar-refractivity contribution is 6.02. The molecule has 11 heteroatoms. The van der Waals surface area contributed by atoms with Gasteiger partial charge in [0.15, 0.2) is 0 Å². The van der Waals surface area contributed by atoms with Crippen LogP contribution >= 0.6 is 0 Å². The quantitative estimate of drug-likeness (QED) is 0.251. The number of guanidine groups is 1. The van der Waals surface area contributed by atoms with Gasteiger partial charge in [0.25, 0.3) is 0 Å². The average Bonchev–Trinajstić information content (AvgIpc) is 3.50. The minimum atomic E-state index is -0.302. The van der Waals surface area contributed by atoms with Crippen LogP contribution in [0.2, 0.25) is 0 Å². The number of amides is 1. The number of carbonyl (C=O) groups excluding carboxylic acids is 1. The number of aryl methyl sites for hydroxylation is 2. The Morgan fingerprint density at radius 3 is 2.52 bits per heavy atom. The van der Waals surface area contributed by atoms with Crippen molar-refractivity contribution in [1.29, 1.82) is 0 Å². The van der Waals surface area contributed by atoms with Gasteiger partial charge in [-0.05, 0) is 71.3 Å². The summed E-state index contributed by atoms with van der Waals surface area (Å²) in [6.07, 6.45) is 7.05. The number of rotatable bonds is 8. The largest absolute Gasteiger partial charge is 0.494 e. The van der Waals surface area contributed by atoms with Crippen LogP contribution in [0.1, 0.15) is 24.1 Å².